The van der Waals surface area contributed by atoms with E-state index in [2.05, 4.69) is 4.98 Å². The van der Waals surface area contributed by atoms with Crippen molar-refractivity contribution in [1.29, 1.82) is 0 Å². The number of carboxylic acids is 1. The van der Waals surface area contributed by atoms with Crippen LogP contribution in [0.3, 0.4) is 0 Å². The highest BCUT2D eigenvalue weighted by Gasteiger charge is 2.14. The molecule has 0 unspecified atom stereocenters. The number of fused-ring (bicyclic) bond motifs is 1. The predicted molar refractivity (Wildman–Crippen MR) is 59.3 cm³/mol. The van der Waals surface area contributed by atoms with Gasteiger partial charge in [-0.25, -0.2) is 0 Å². The van der Waals surface area contributed by atoms with Gasteiger partial charge in [0.2, 0.25) is 0 Å². The van der Waals surface area contributed by atoms with Crippen molar-refractivity contribution >= 4 is 16.9 Å². The number of hydrogen-bond donors (Lipinski definition) is 4. The standard InChI is InChI=1S/C11H12N2O3/c12-9(11(15)16)3-6-5-13-10-2-1-7(14)4-8(6)10/h1-2,4-5,9,13-14H,3,12H2,(H,15,16)/t9-/m1/s1/i1D,2D,4D. The van der Waals surface area contributed by atoms with Gasteiger partial charge in [0.25, 0.3) is 0 Å². The summed E-state index contributed by atoms with van der Waals surface area (Å²) in [5.74, 6) is -1.77. The Morgan fingerprint density at radius 3 is 3.06 bits per heavy atom. The summed E-state index contributed by atoms with van der Waals surface area (Å²) in [4.78, 5) is 13.5. The lowest BCUT2D eigenvalue weighted by molar-refractivity contribution is -0.138. The second kappa shape index (κ2) is 3.86. The minimum atomic E-state index is -1.17. The van der Waals surface area contributed by atoms with Gasteiger partial charge in [-0.3, -0.25) is 4.79 Å². The van der Waals surface area contributed by atoms with Crippen LogP contribution in [0.25, 0.3) is 10.9 Å². The van der Waals surface area contributed by atoms with Crippen molar-refractivity contribution in [3.8, 4) is 5.75 Å². The number of carbonyl (C=O) groups is 1. The minimum Gasteiger partial charge on any atom is -0.508 e. The van der Waals surface area contributed by atoms with Crippen LogP contribution in [0.2, 0.25) is 0 Å². The number of H-pyrrole nitrogens is 1. The monoisotopic (exact) mass is 223 g/mol. The summed E-state index contributed by atoms with van der Waals surface area (Å²) in [6.45, 7) is 0. The van der Waals surface area contributed by atoms with Crippen LogP contribution in [0, 0.1) is 0 Å². The summed E-state index contributed by atoms with van der Waals surface area (Å²) in [6, 6.07) is -2.11. The lowest BCUT2D eigenvalue weighted by atomic mass is 10.1. The Balaban J connectivity index is 2.63. The van der Waals surface area contributed by atoms with Crippen molar-refractivity contribution in [3.05, 3.63) is 29.9 Å². The first-order chi connectivity index (χ1) is 8.84. The first-order valence-corrected chi connectivity index (χ1v) is 4.61. The number of phenolic OH excluding ortho intramolecular Hbond substituents is 1. The molecule has 0 aliphatic carbocycles. The molecule has 2 aromatic rings. The van der Waals surface area contributed by atoms with E-state index in [1.165, 1.54) is 6.20 Å². The molecule has 2 rings (SSSR count). The summed E-state index contributed by atoms with van der Waals surface area (Å²) < 4.78 is 23.0. The topological polar surface area (TPSA) is 99.3 Å². The van der Waals surface area contributed by atoms with Crippen molar-refractivity contribution in [2.45, 2.75) is 12.5 Å². The molecule has 0 bridgehead atoms. The maximum atomic E-state index is 10.7. The van der Waals surface area contributed by atoms with Crippen LogP contribution in [0.4, 0.5) is 0 Å². The van der Waals surface area contributed by atoms with Gasteiger partial charge in [0.1, 0.15) is 11.8 Å². The summed E-state index contributed by atoms with van der Waals surface area (Å²) in [7, 11) is 0. The highest BCUT2D eigenvalue weighted by atomic mass is 16.4. The Labute approximate surface area is 95.7 Å². The molecular weight excluding hydrogens is 208 g/mol. The molecule has 84 valence electrons. The maximum absolute atomic E-state index is 10.7. The second-order valence-corrected chi connectivity index (χ2v) is 3.44. The quantitative estimate of drug-likeness (QED) is 0.619. The van der Waals surface area contributed by atoms with E-state index < -0.39 is 23.8 Å². The molecular formula is C11H12N2O3. The number of nitrogens with two attached hydrogens (primary N) is 1. The fourth-order valence-electron chi connectivity index (χ4n) is 1.46. The molecule has 16 heavy (non-hydrogen) atoms. The second-order valence-electron chi connectivity index (χ2n) is 3.44. The molecule has 1 aromatic heterocycles. The van der Waals surface area contributed by atoms with Gasteiger partial charge < -0.3 is 20.9 Å². The number of aromatic amines is 1. The third-order valence-corrected chi connectivity index (χ3v) is 2.27. The summed E-state index contributed by atoms with van der Waals surface area (Å²) in [5.41, 5.74) is 6.09. The van der Waals surface area contributed by atoms with Gasteiger partial charge in [0.15, 0.2) is 0 Å². The zero-order chi connectivity index (χ0) is 14.3. The molecule has 0 aliphatic heterocycles. The molecule has 5 N–H and O–H groups in total. The highest BCUT2D eigenvalue weighted by Crippen LogP contribution is 2.23. The Kier molecular flexibility index (Phi) is 1.76. The number of carboxylic acid groups (broad SMARTS) is 1. The lowest BCUT2D eigenvalue weighted by Gasteiger charge is -2.04. The van der Waals surface area contributed by atoms with Gasteiger partial charge in [-0.05, 0) is 23.7 Å². The fourth-order valence-corrected chi connectivity index (χ4v) is 1.46. The molecule has 1 heterocycles. The number of aromatic hydroxyl groups is 1. The molecule has 1 aromatic carbocycles. The largest absolute Gasteiger partial charge is 0.508 e. The average molecular weight is 223 g/mol. The van der Waals surface area contributed by atoms with Crippen molar-refractivity contribution in [3.63, 3.8) is 0 Å². The Morgan fingerprint density at radius 2 is 2.38 bits per heavy atom. The van der Waals surface area contributed by atoms with Gasteiger partial charge in [-0.2, -0.15) is 0 Å². The van der Waals surface area contributed by atoms with Crippen molar-refractivity contribution in [2.24, 2.45) is 5.73 Å². The molecule has 0 fully saturated rings. The number of hydrogen-bond acceptors (Lipinski definition) is 3. The van der Waals surface area contributed by atoms with E-state index in [0.29, 0.717) is 5.56 Å². The summed E-state index contributed by atoms with van der Waals surface area (Å²) in [5, 5.41) is 18.6. The SMILES string of the molecule is [2H]c1c(O)c([2H])c2c(C[C@@H](N)C(=O)O)c[nH]c2c1[2H]. The molecule has 0 radical (unpaired) electrons. The number of benzene rings is 1. The average Bonchev–Trinajstić information content (AvgIpc) is 2.77. The highest BCUT2D eigenvalue weighted by molar-refractivity contribution is 5.85. The predicted octanol–water partition coefficient (Wildman–Crippen LogP) is 0.828. The number of rotatable bonds is 3. The Hall–Kier alpha value is -2.01. The molecule has 0 spiro atoms. The van der Waals surface area contributed by atoms with Gasteiger partial charge >= 0.3 is 5.97 Å². The van der Waals surface area contributed by atoms with E-state index in [9.17, 15) is 9.90 Å². The van der Waals surface area contributed by atoms with Crippen LogP contribution in [0.5, 0.6) is 5.75 Å². The van der Waals surface area contributed by atoms with E-state index in [-0.39, 0.29) is 29.4 Å². The smallest absolute Gasteiger partial charge is 0.320 e. The van der Waals surface area contributed by atoms with Crippen molar-refractivity contribution in [1.82, 2.24) is 4.98 Å². The van der Waals surface area contributed by atoms with Crippen LogP contribution < -0.4 is 5.73 Å². The van der Waals surface area contributed by atoms with Crippen LogP contribution in [0.15, 0.2) is 24.3 Å². The number of phenols is 1. The summed E-state index contributed by atoms with van der Waals surface area (Å²) >= 11 is 0. The zero-order valence-corrected chi connectivity index (χ0v) is 8.24. The molecule has 1 atom stereocenters. The first-order valence-electron chi connectivity index (χ1n) is 6.11. The molecule has 5 heteroatoms. The molecule has 0 saturated heterocycles. The molecule has 0 amide bonds. The summed E-state index contributed by atoms with van der Waals surface area (Å²) in [6.07, 6.45) is 1.42. The molecule has 0 aliphatic rings. The zero-order valence-electron chi connectivity index (χ0n) is 11.2. The van der Waals surface area contributed by atoms with Gasteiger partial charge in [0.05, 0.1) is 4.11 Å². The van der Waals surface area contributed by atoms with Gasteiger partial charge in [-0.1, -0.05) is 0 Å². The Bertz CT molecular complexity index is 669. The molecule has 5 nitrogen and oxygen atoms in total. The van der Waals surface area contributed by atoms with Gasteiger partial charge in [0, 0.05) is 23.5 Å². The minimum absolute atomic E-state index is 0.0303. The number of aliphatic carboxylic acids is 1. The van der Waals surface area contributed by atoms with Crippen molar-refractivity contribution < 1.29 is 19.1 Å². The lowest BCUT2D eigenvalue weighted by Crippen LogP contribution is -2.32. The Morgan fingerprint density at radius 1 is 1.62 bits per heavy atom. The van der Waals surface area contributed by atoms with Crippen LogP contribution in [0.1, 0.15) is 9.68 Å². The van der Waals surface area contributed by atoms with Crippen LogP contribution in [-0.4, -0.2) is 27.2 Å². The third-order valence-electron chi connectivity index (χ3n) is 2.27. The van der Waals surface area contributed by atoms with Crippen LogP contribution >= 0.6 is 0 Å². The normalized spacial score (nSPS) is 15.4. The van der Waals surface area contributed by atoms with E-state index in [1.54, 1.807) is 0 Å². The molecule has 0 saturated carbocycles. The van der Waals surface area contributed by atoms with E-state index in [0.717, 1.165) is 0 Å². The third kappa shape index (κ3) is 1.85. The van der Waals surface area contributed by atoms with E-state index in [4.69, 9.17) is 15.0 Å². The first kappa shape index (κ1) is 7.29. The number of aromatic nitrogens is 1. The van der Waals surface area contributed by atoms with E-state index in [1.807, 2.05) is 0 Å². The number of nitrogens with one attached hydrogen (secondary N) is 1. The fraction of sp³-hybridized carbons (Fsp3) is 0.182. The van der Waals surface area contributed by atoms with E-state index >= 15 is 0 Å². The van der Waals surface area contributed by atoms with Crippen LogP contribution in [-0.2, 0) is 11.2 Å². The van der Waals surface area contributed by atoms with Gasteiger partial charge in [-0.15, -0.1) is 0 Å². The van der Waals surface area contributed by atoms with Crippen molar-refractivity contribution in [2.75, 3.05) is 0 Å². The maximum Gasteiger partial charge on any atom is 0.320 e.